The topological polar surface area (TPSA) is 35.5 Å². The number of ether oxygens (including phenoxy) is 2. The Hall–Kier alpha value is -2.00. The van der Waals surface area contributed by atoms with Gasteiger partial charge < -0.3 is 9.47 Å². The summed E-state index contributed by atoms with van der Waals surface area (Å²) in [5.74, 6) is 0.230. The smallest absolute Gasteiger partial charge is 0.349 e. The molecule has 0 fully saturated rings. The van der Waals surface area contributed by atoms with Gasteiger partial charge in [0.15, 0.2) is 5.60 Å². The summed E-state index contributed by atoms with van der Waals surface area (Å²) in [6.07, 6.45) is 0.817. The highest BCUT2D eigenvalue weighted by molar-refractivity contribution is 6.30. The summed E-state index contributed by atoms with van der Waals surface area (Å²) in [6.45, 7) is 3.36. The van der Waals surface area contributed by atoms with E-state index < -0.39 is 11.6 Å². The molecule has 2 rings (SSSR count). The van der Waals surface area contributed by atoms with Crippen LogP contribution in [0.25, 0.3) is 0 Å². The van der Waals surface area contributed by atoms with Crippen molar-refractivity contribution in [3.63, 3.8) is 0 Å². The molecule has 0 spiro atoms. The lowest BCUT2D eigenvalue weighted by atomic mass is 10.0. The first-order valence-corrected chi connectivity index (χ1v) is 7.39. The standard InChI is InChI=1S/C18H19ClO3/c1-18(2,17(20)21-3)22-16-10-6-14(7-11-16)12-13-4-8-15(19)9-5-13/h4-11H,12H2,1-3H3. The second-order valence-corrected chi connectivity index (χ2v) is 5.99. The molecule has 22 heavy (non-hydrogen) atoms. The van der Waals surface area contributed by atoms with Crippen LogP contribution in [-0.2, 0) is 16.0 Å². The van der Waals surface area contributed by atoms with E-state index in [1.54, 1.807) is 13.8 Å². The first-order valence-electron chi connectivity index (χ1n) is 7.01. The highest BCUT2D eigenvalue weighted by Gasteiger charge is 2.30. The van der Waals surface area contributed by atoms with Crippen molar-refractivity contribution in [2.45, 2.75) is 25.9 Å². The molecule has 2 aromatic carbocycles. The second kappa shape index (κ2) is 6.84. The van der Waals surface area contributed by atoms with Crippen LogP contribution in [-0.4, -0.2) is 18.7 Å². The molecule has 3 nitrogen and oxygen atoms in total. The van der Waals surface area contributed by atoms with Crippen LogP contribution in [0, 0.1) is 0 Å². The van der Waals surface area contributed by atoms with Crippen molar-refractivity contribution in [3.05, 3.63) is 64.7 Å². The predicted octanol–water partition coefficient (Wildman–Crippen LogP) is 4.26. The van der Waals surface area contributed by atoms with E-state index in [2.05, 4.69) is 0 Å². The molecule has 2 aromatic rings. The van der Waals surface area contributed by atoms with Gasteiger partial charge in [0.25, 0.3) is 0 Å². The van der Waals surface area contributed by atoms with E-state index in [1.807, 2.05) is 48.5 Å². The zero-order valence-electron chi connectivity index (χ0n) is 12.9. The van der Waals surface area contributed by atoms with Gasteiger partial charge in [0.1, 0.15) is 5.75 Å². The van der Waals surface area contributed by atoms with E-state index >= 15 is 0 Å². The Morgan fingerprint density at radius 3 is 2.00 bits per heavy atom. The molecule has 0 saturated carbocycles. The summed E-state index contributed by atoms with van der Waals surface area (Å²) >= 11 is 5.88. The first kappa shape index (κ1) is 16.4. The molecule has 0 unspecified atom stereocenters. The van der Waals surface area contributed by atoms with Gasteiger partial charge in [-0.1, -0.05) is 35.9 Å². The summed E-state index contributed by atoms with van der Waals surface area (Å²) in [5, 5.41) is 0.734. The minimum Gasteiger partial charge on any atom is -0.476 e. The Morgan fingerprint density at radius 1 is 1.00 bits per heavy atom. The molecule has 0 saturated heterocycles. The number of halogens is 1. The molecular weight excluding hydrogens is 300 g/mol. The van der Waals surface area contributed by atoms with Crippen LogP contribution in [0.3, 0.4) is 0 Å². The molecule has 0 N–H and O–H groups in total. The van der Waals surface area contributed by atoms with E-state index in [1.165, 1.54) is 12.7 Å². The molecule has 4 heteroatoms. The summed E-state index contributed by atoms with van der Waals surface area (Å²) in [6, 6.07) is 15.5. The molecule has 0 heterocycles. The molecule has 0 aliphatic heterocycles. The number of methoxy groups -OCH3 is 1. The molecule has 0 aliphatic carbocycles. The third kappa shape index (κ3) is 4.25. The lowest BCUT2D eigenvalue weighted by Gasteiger charge is -2.23. The van der Waals surface area contributed by atoms with Gasteiger partial charge in [0, 0.05) is 5.02 Å². The van der Waals surface area contributed by atoms with Crippen molar-refractivity contribution >= 4 is 17.6 Å². The maximum atomic E-state index is 11.6. The zero-order chi connectivity index (χ0) is 16.2. The van der Waals surface area contributed by atoms with Gasteiger partial charge in [-0.3, -0.25) is 0 Å². The molecule has 116 valence electrons. The number of carbonyl (C=O) groups excluding carboxylic acids is 1. The van der Waals surface area contributed by atoms with Crippen molar-refractivity contribution in [2.75, 3.05) is 7.11 Å². The minimum absolute atomic E-state index is 0.405. The summed E-state index contributed by atoms with van der Waals surface area (Å²) in [4.78, 5) is 11.6. The molecule has 0 bridgehead atoms. The monoisotopic (exact) mass is 318 g/mol. The predicted molar refractivity (Wildman–Crippen MR) is 87.4 cm³/mol. The lowest BCUT2D eigenvalue weighted by Crippen LogP contribution is -2.39. The quantitative estimate of drug-likeness (QED) is 0.773. The van der Waals surface area contributed by atoms with E-state index in [4.69, 9.17) is 21.1 Å². The fourth-order valence-corrected chi connectivity index (χ4v) is 2.22. The molecular formula is C18H19ClO3. The van der Waals surface area contributed by atoms with Gasteiger partial charge in [-0.15, -0.1) is 0 Å². The maximum absolute atomic E-state index is 11.6. The number of hydrogen-bond donors (Lipinski definition) is 0. The molecule has 0 radical (unpaired) electrons. The van der Waals surface area contributed by atoms with Crippen molar-refractivity contribution in [1.82, 2.24) is 0 Å². The second-order valence-electron chi connectivity index (χ2n) is 5.55. The lowest BCUT2D eigenvalue weighted by molar-refractivity contribution is -0.156. The first-order chi connectivity index (χ1) is 10.4. The average Bonchev–Trinajstić information content (AvgIpc) is 2.50. The van der Waals surface area contributed by atoms with Gasteiger partial charge in [0.2, 0.25) is 0 Å². The van der Waals surface area contributed by atoms with Crippen molar-refractivity contribution in [3.8, 4) is 5.75 Å². The van der Waals surface area contributed by atoms with E-state index in [9.17, 15) is 4.79 Å². The van der Waals surface area contributed by atoms with E-state index in [0.717, 1.165) is 17.0 Å². The van der Waals surface area contributed by atoms with Gasteiger partial charge in [-0.25, -0.2) is 4.79 Å². The number of hydrogen-bond acceptors (Lipinski definition) is 3. The number of benzene rings is 2. The Labute approximate surface area is 135 Å². The maximum Gasteiger partial charge on any atom is 0.349 e. The Balaban J connectivity index is 2.04. The van der Waals surface area contributed by atoms with Crippen LogP contribution in [0.5, 0.6) is 5.75 Å². The number of rotatable bonds is 5. The zero-order valence-corrected chi connectivity index (χ0v) is 13.7. The SMILES string of the molecule is COC(=O)C(C)(C)Oc1ccc(Cc2ccc(Cl)cc2)cc1. The Bertz CT molecular complexity index is 630. The third-order valence-electron chi connectivity index (χ3n) is 3.29. The van der Waals surface area contributed by atoms with Crippen LogP contribution in [0.1, 0.15) is 25.0 Å². The fraction of sp³-hybridized carbons (Fsp3) is 0.278. The summed E-state index contributed by atoms with van der Waals surface area (Å²) < 4.78 is 10.4. The fourth-order valence-electron chi connectivity index (χ4n) is 2.10. The third-order valence-corrected chi connectivity index (χ3v) is 3.55. The highest BCUT2D eigenvalue weighted by Crippen LogP contribution is 2.21. The Kier molecular flexibility index (Phi) is 5.09. The van der Waals surface area contributed by atoms with Crippen molar-refractivity contribution in [2.24, 2.45) is 0 Å². The molecule has 0 amide bonds. The van der Waals surface area contributed by atoms with Crippen molar-refractivity contribution in [1.29, 1.82) is 0 Å². The van der Waals surface area contributed by atoms with Gasteiger partial charge in [-0.2, -0.15) is 0 Å². The van der Waals surface area contributed by atoms with Gasteiger partial charge in [-0.05, 0) is 55.7 Å². The van der Waals surface area contributed by atoms with Crippen LogP contribution < -0.4 is 4.74 Å². The Morgan fingerprint density at radius 2 is 1.50 bits per heavy atom. The van der Waals surface area contributed by atoms with Gasteiger partial charge >= 0.3 is 5.97 Å². The molecule has 0 atom stereocenters. The number of carbonyl (C=O) groups is 1. The van der Waals surface area contributed by atoms with Crippen LogP contribution in [0.2, 0.25) is 5.02 Å². The van der Waals surface area contributed by atoms with Crippen molar-refractivity contribution < 1.29 is 14.3 Å². The van der Waals surface area contributed by atoms with E-state index in [0.29, 0.717) is 5.75 Å². The minimum atomic E-state index is -1.01. The number of esters is 1. The molecule has 0 aromatic heterocycles. The largest absolute Gasteiger partial charge is 0.476 e. The molecule has 0 aliphatic rings. The highest BCUT2D eigenvalue weighted by atomic mass is 35.5. The van der Waals surface area contributed by atoms with Crippen LogP contribution >= 0.6 is 11.6 Å². The average molecular weight is 319 g/mol. The van der Waals surface area contributed by atoms with Crippen LogP contribution in [0.15, 0.2) is 48.5 Å². The summed E-state index contributed by atoms with van der Waals surface area (Å²) in [5.41, 5.74) is 1.34. The normalized spacial score (nSPS) is 11.1. The summed E-state index contributed by atoms with van der Waals surface area (Å²) in [7, 11) is 1.35. The van der Waals surface area contributed by atoms with Crippen LogP contribution in [0.4, 0.5) is 0 Å². The van der Waals surface area contributed by atoms with E-state index in [-0.39, 0.29) is 0 Å². The van der Waals surface area contributed by atoms with Gasteiger partial charge in [0.05, 0.1) is 7.11 Å².